The van der Waals surface area contributed by atoms with Crippen LogP contribution in [0, 0.1) is 10.8 Å². The van der Waals surface area contributed by atoms with E-state index >= 15 is 0 Å². The average Bonchev–Trinajstić information content (AvgIpc) is 1.82. The molecule has 0 saturated carbocycles. The molecule has 0 unspecified atom stereocenters. The summed E-state index contributed by atoms with van der Waals surface area (Å²) in [6, 6.07) is -1.96. The van der Waals surface area contributed by atoms with E-state index in [4.69, 9.17) is 61.9 Å². The van der Waals surface area contributed by atoms with Crippen LogP contribution in [0.2, 0.25) is 0 Å². The fourth-order valence-corrected chi connectivity index (χ4v) is 10.2. The summed E-state index contributed by atoms with van der Waals surface area (Å²) in [5.74, 6) is -2.76. The summed E-state index contributed by atoms with van der Waals surface area (Å²) in [7, 11) is 0. The Bertz CT molecular complexity index is 2210. The lowest BCUT2D eigenvalue weighted by molar-refractivity contribution is -0.142. The number of unbranched alkanes of at least 4 members (excludes halogenated alkanes) is 16. The lowest BCUT2D eigenvalue weighted by Gasteiger charge is -2.18. The number of Topliss-reactive ketones (excluding diaryl/α,β-unsaturated/α-hetero) is 2. The van der Waals surface area contributed by atoms with Crippen molar-refractivity contribution in [2.24, 2.45) is 10.8 Å². The first-order chi connectivity index (χ1) is 48.8. The molecule has 1 heterocycles. The zero-order valence-corrected chi connectivity index (χ0v) is 66.1. The highest BCUT2D eigenvalue weighted by Gasteiger charge is 2.24. The van der Waals surface area contributed by atoms with Gasteiger partial charge in [0.05, 0.1) is 164 Å². The van der Waals surface area contributed by atoms with Gasteiger partial charge >= 0.3 is 11.9 Å². The summed E-state index contributed by atoms with van der Waals surface area (Å²) in [5, 5.41) is 35.4. The van der Waals surface area contributed by atoms with Gasteiger partial charge in [-0.1, -0.05) is 143 Å². The lowest BCUT2D eigenvalue weighted by atomic mass is 9.89. The summed E-state index contributed by atoms with van der Waals surface area (Å²) in [4.78, 5) is 86.7. The average molecular weight is 1510 g/mol. The lowest BCUT2D eigenvalue weighted by Crippen LogP contribution is -2.47. The van der Waals surface area contributed by atoms with Crippen LogP contribution in [0.25, 0.3) is 0 Å². The largest absolute Gasteiger partial charge is 0.481 e. The predicted molar refractivity (Wildman–Crippen MR) is 405 cm³/mol. The molecule has 0 saturated heterocycles. The van der Waals surface area contributed by atoms with E-state index in [-0.39, 0.29) is 119 Å². The van der Waals surface area contributed by atoms with Gasteiger partial charge in [0.2, 0.25) is 17.7 Å². The fourth-order valence-electron chi connectivity index (χ4n) is 10.2. The second-order valence-electron chi connectivity index (χ2n) is 27.7. The van der Waals surface area contributed by atoms with Crippen LogP contribution in [0.4, 0.5) is 0 Å². The van der Waals surface area contributed by atoms with Gasteiger partial charge in [-0.05, 0) is 50.4 Å². The third kappa shape index (κ3) is 69.5. The molecular weight excluding hydrogens is 1370 g/mol. The van der Waals surface area contributed by atoms with Crippen molar-refractivity contribution in [2.45, 2.75) is 246 Å². The molecule has 0 fully saturated rings. The van der Waals surface area contributed by atoms with E-state index in [2.05, 4.69) is 47.0 Å². The quantitative estimate of drug-likeness (QED) is 0.0379. The van der Waals surface area contributed by atoms with Crippen molar-refractivity contribution in [1.29, 1.82) is 0 Å². The molecule has 0 aliphatic heterocycles. The number of carbonyl (C=O) groups is 7. The fraction of sp³-hybridized carbons (Fsp3) is 0.878. The Kier molecular flexibility index (Phi) is 69.7. The van der Waals surface area contributed by atoms with Gasteiger partial charge in [0.1, 0.15) is 23.7 Å². The predicted octanol–water partition coefficient (Wildman–Crippen LogP) is 9.65. The zero-order valence-electron chi connectivity index (χ0n) is 64.1. The number of amides is 3. The first kappa shape index (κ1) is 101. The molecule has 0 aliphatic rings. The van der Waals surface area contributed by atoms with Crippen molar-refractivity contribution in [3.8, 4) is 0 Å². The monoisotopic (exact) mass is 1510 g/mol. The minimum absolute atomic E-state index is 0. The van der Waals surface area contributed by atoms with Crippen molar-refractivity contribution in [3.63, 3.8) is 0 Å². The highest BCUT2D eigenvalue weighted by Crippen LogP contribution is 2.22. The number of aromatic nitrogens is 3. The Morgan fingerprint density at radius 1 is 0.408 bits per heavy atom. The maximum absolute atomic E-state index is 13.5. The third-order valence-electron chi connectivity index (χ3n) is 16.2. The molecule has 5 N–H and O–H groups in total. The van der Waals surface area contributed by atoms with E-state index in [1.807, 2.05) is 27.0 Å². The van der Waals surface area contributed by atoms with E-state index in [1.54, 1.807) is 4.68 Å². The first-order valence-electron chi connectivity index (χ1n) is 37.9. The molecule has 3 amide bonds. The molecule has 604 valence electrons. The Morgan fingerprint density at radius 3 is 1.18 bits per heavy atom. The Balaban J connectivity index is 0. The van der Waals surface area contributed by atoms with Gasteiger partial charge in [-0.3, -0.25) is 33.4 Å². The van der Waals surface area contributed by atoms with Crippen LogP contribution in [-0.4, -0.2) is 244 Å². The molecule has 0 aliphatic carbocycles. The summed E-state index contributed by atoms with van der Waals surface area (Å²) in [5.41, 5.74) is 0.629. The molecule has 27 nitrogen and oxygen atoms in total. The number of rotatable bonds is 76. The van der Waals surface area contributed by atoms with Crippen LogP contribution >= 0.6 is 27.0 Å². The number of aryl methyl sites for hydroxylation is 2. The second-order valence-corrected chi connectivity index (χ2v) is 27.7. The molecule has 0 spiro atoms. The molecule has 2 atom stereocenters. The molecule has 0 bridgehead atoms. The standard InChI is InChI=1S/C74H136N6O21.2H2S/c1-73(2,3)35-24-25-37-80-62-63(78-79-80)30-33-69(84)76-65(27-21-19-20-26-64(81)31-32-66(72(88)89)77-68(83)28-22-17-15-13-11-9-7-8-10-12-14-16-18-23-29-70(85)86)71(87)75-36-39-91-41-43-93-45-47-95-49-51-97-53-55-99-57-59-101-61-60-100-58-56-98-54-52-96-50-48-94-46-44-92-42-40-90-38-34-67(82)74(4,5)6;;/h62,65-66H,7-61H2,1-6H3,(H,75,87)(H,76,84)(H,77,83)(H,85,86)(H,88,89);2*1H2/t65-,66-;;/m0../s1. The van der Waals surface area contributed by atoms with Crippen molar-refractivity contribution < 1.29 is 101 Å². The van der Waals surface area contributed by atoms with Crippen molar-refractivity contribution in [3.05, 3.63) is 11.9 Å². The number of carboxylic acid groups (broad SMARTS) is 2. The molecule has 29 heteroatoms. The van der Waals surface area contributed by atoms with Crippen molar-refractivity contribution in [2.75, 3.05) is 165 Å². The molecule has 0 aromatic carbocycles. The van der Waals surface area contributed by atoms with Crippen LogP contribution in [0.1, 0.15) is 227 Å². The number of nitrogens with one attached hydrogen (secondary N) is 3. The van der Waals surface area contributed by atoms with Crippen LogP contribution in [0.5, 0.6) is 0 Å². The number of nitrogens with zero attached hydrogens (tertiary/aromatic N) is 3. The number of carbonyl (C=O) groups excluding carboxylic acids is 5. The normalized spacial score (nSPS) is 12.2. The Morgan fingerprint density at radius 2 is 0.777 bits per heavy atom. The zero-order chi connectivity index (χ0) is 74.0. The van der Waals surface area contributed by atoms with Crippen LogP contribution in [0.3, 0.4) is 0 Å². The summed E-state index contributed by atoms with van der Waals surface area (Å²) < 4.78 is 68.3. The van der Waals surface area contributed by atoms with Crippen molar-refractivity contribution >= 4 is 68.2 Å². The topological polar surface area (TPSA) is 338 Å². The van der Waals surface area contributed by atoms with Gasteiger partial charge in [-0.25, -0.2) is 4.79 Å². The highest BCUT2D eigenvalue weighted by molar-refractivity contribution is 7.59. The van der Waals surface area contributed by atoms with Gasteiger partial charge in [0.15, 0.2) is 0 Å². The van der Waals surface area contributed by atoms with E-state index in [0.717, 1.165) is 70.8 Å². The molecular formula is C74H140N6O21S2. The minimum atomic E-state index is -1.17. The molecule has 1 aromatic heterocycles. The number of hydrogen-bond donors (Lipinski definition) is 5. The minimum Gasteiger partial charge on any atom is -0.481 e. The van der Waals surface area contributed by atoms with E-state index in [1.165, 1.54) is 38.5 Å². The smallest absolute Gasteiger partial charge is 0.326 e. The van der Waals surface area contributed by atoms with Crippen LogP contribution in [-0.2, 0) is 103 Å². The first-order valence-corrected chi connectivity index (χ1v) is 37.9. The van der Waals surface area contributed by atoms with Gasteiger partial charge in [0.25, 0.3) is 0 Å². The van der Waals surface area contributed by atoms with E-state index in [9.17, 15) is 38.7 Å². The maximum atomic E-state index is 13.5. The molecule has 0 radical (unpaired) electrons. The van der Waals surface area contributed by atoms with Gasteiger partial charge in [-0.2, -0.15) is 27.0 Å². The van der Waals surface area contributed by atoms with Crippen molar-refractivity contribution in [1.82, 2.24) is 30.9 Å². The number of ketones is 2. The number of hydrogen-bond acceptors (Lipinski definition) is 21. The summed E-state index contributed by atoms with van der Waals surface area (Å²) in [6.07, 6.45) is 23.7. The number of aliphatic carboxylic acids is 2. The van der Waals surface area contributed by atoms with Crippen LogP contribution < -0.4 is 16.0 Å². The second kappa shape index (κ2) is 71.0. The van der Waals surface area contributed by atoms with Gasteiger partial charge in [0, 0.05) is 69.6 Å². The number of ether oxygens (including phenoxy) is 12. The maximum Gasteiger partial charge on any atom is 0.326 e. The Hall–Kier alpha value is -3.95. The molecule has 103 heavy (non-hydrogen) atoms. The van der Waals surface area contributed by atoms with Gasteiger partial charge in [-0.15, -0.1) is 5.10 Å². The third-order valence-corrected chi connectivity index (χ3v) is 16.2. The summed E-state index contributed by atoms with van der Waals surface area (Å²) >= 11 is 0. The van der Waals surface area contributed by atoms with Crippen LogP contribution in [0.15, 0.2) is 6.20 Å². The van der Waals surface area contributed by atoms with E-state index in [0.29, 0.717) is 203 Å². The van der Waals surface area contributed by atoms with E-state index < -0.39 is 24.0 Å². The Labute approximate surface area is 631 Å². The SMILES string of the molecule is CC(C)(C)CCCCn1cc(CCC(=O)N[C@@H](CCCCCC(=O)CC[C@H](NC(=O)CCCCCCCCCCCCCCCCC(=O)O)C(=O)O)C(=O)NCCOCCOCCOCCOCCOCCOCCOCCOCCOCCOCCOCCOCCC(=O)C(C)(C)C)nn1.S.S. The molecule has 1 rings (SSSR count). The number of carboxylic acids is 2. The summed E-state index contributed by atoms with van der Waals surface area (Å²) in [6.45, 7) is 23.5. The highest BCUT2D eigenvalue weighted by atomic mass is 32.1. The van der Waals surface area contributed by atoms with Gasteiger partial charge < -0.3 is 83.0 Å². The molecule has 1 aromatic rings.